The highest BCUT2D eigenvalue weighted by molar-refractivity contribution is 9.10. The molecule has 0 spiro atoms. The number of rotatable bonds is 6. The third kappa shape index (κ3) is 9.66. The van der Waals surface area contributed by atoms with E-state index in [9.17, 15) is 10.0 Å². The van der Waals surface area contributed by atoms with Gasteiger partial charge >= 0.3 is 7.12 Å². The van der Waals surface area contributed by atoms with Crippen LogP contribution >= 0.6 is 15.9 Å². The van der Waals surface area contributed by atoms with Crippen molar-refractivity contribution in [1.29, 1.82) is 0 Å². The van der Waals surface area contributed by atoms with Gasteiger partial charge in [0.1, 0.15) is 22.3 Å². The van der Waals surface area contributed by atoms with Gasteiger partial charge in [0.25, 0.3) is 0 Å². The molecule has 0 amide bonds. The number of halogens is 1. The first-order chi connectivity index (χ1) is 44.4. The first-order valence-electron chi connectivity index (χ1n) is 30.3. The number of furan rings is 2. The number of fused-ring (bicyclic) bond motifs is 14. The lowest BCUT2D eigenvalue weighted by molar-refractivity contribution is 0.426. The molecule has 6 heteroatoms. The molecule has 0 aliphatic heterocycles. The molecule has 18 rings (SSSR count). The molecule has 424 valence electrons. The van der Waals surface area contributed by atoms with Gasteiger partial charge in [-0.2, -0.15) is 0 Å². The van der Waals surface area contributed by atoms with Crippen molar-refractivity contribution in [2.75, 3.05) is 0 Å². The minimum atomic E-state index is -1.53. The van der Waals surface area contributed by atoms with Gasteiger partial charge in [0.2, 0.25) is 0 Å². The predicted octanol–water partition coefficient (Wildman–Crippen LogP) is 22.6. The zero-order valence-corrected chi connectivity index (χ0v) is 50.3. The van der Waals surface area contributed by atoms with Crippen LogP contribution in [0.15, 0.2) is 329 Å². The second-order valence-corrected chi connectivity index (χ2v) is 23.8. The molecular weight excluding hydrogens is 1160 g/mol. The topological polar surface area (TPSA) is 66.7 Å². The molecule has 0 fully saturated rings. The van der Waals surface area contributed by atoms with E-state index in [1.807, 2.05) is 78.9 Å². The zero-order valence-electron chi connectivity index (χ0n) is 48.7. The fourth-order valence-electron chi connectivity index (χ4n) is 13.6. The molecular formula is C84H54BBrO4. The highest BCUT2D eigenvalue weighted by Crippen LogP contribution is 2.46. The van der Waals surface area contributed by atoms with Crippen LogP contribution in [0.5, 0.6) is 0 Å². The van der Waals surface area contributed by atoms with Crippen LogP contribution < -0.4 is 5.46 Å². The molecule has 0 atom stereocenters. The lowest BCUT2D eigenvalue weighted by Crippen LogP contribution is -2.31. The first-order valence-corrected chi connectivity index (χ1v) is 31.1. The maximum Gasteiger partial charge on any atom is 0.489 e. The van der Waals surface area contributed by atoms with Crippen molar-refractivity contribution < 1.29 is 18.9 Å². The molecule has 0 saturated heterocycles. The summed E-state index contributed by atoms with van der Waals surface area (Å²) < 4.78 is 13.5. The molecule has 16 aromatic carbocycles. The van der Waals surface area contributed by atoms with Crippen molar-refractivity contribution >= 4 is 137 Å². The van der Waals surface area contributed by atoms with Crippen molar-refractivity contribution in [1.82, 2.24) is 0 Å². The van der Waals surface area contributed by atoms with Crippen molar-refractivity contribution in [3.05, 3.63) is 320 Å². The van der Waals surface area contributed by atoms with Gasteiger partial charge in [-0.15, -0.1) is 0 Å². The van der Waals surface area contributed by atoms with Gasteiger partial charge in [0, 0.05) is 36.8 Å². The zero-order chi connectivity index (χ0) is 60.2. The molecule has 0 aliphatic carbocycles. The van der Waals surface area contributed by atoms with Gasteiger partial charge in [-0.3, -0.25) is 0 Å². The van der Waals surface area contributed by atoms with E-state index >= 15 is 0 Å². The van der Waals surface area contributed by atoms with Gasteiger partial charge in [-0.1, -0.05) is 277 Å². The Kier molecular flexibility index (Phi) is 13.9. The average Bonchev–Trinajstić information content (AvgIpc) is 1.15. The standard InChI is InChI=1S/C42H26O.C26H19BO2.C16H9BrO/c1-2-11-27(12-3-1)29-14-10-15-30(25-29)40-33-17-6-8-19-35(33)41(36-20-9-7-18-34(36)40)31-22-24-39-38(26-31)37-23-21-28-13-4-5-16-32(28)42(37)43-39;28-27(29)26-23-15-6-4-13-21(23)25(22-14-5-7-16-24(22)26)20-12-8-11-19(17-20)18-9-2-1-3-10-18;17-11-6-8-15-14(9-11)13-7-5-10-3-1-2-4-12(10)16(13)18-15/h1-26H;1-17,28-29H;1-9H. The van der Waals surface area contributed by atoms with E-state index in [1.165, 1.54) is 82.0 Å². The molecule has 0 bridgehead atoms. The third-order valence-electron chi connectivity index (χ3n) is 17.7. The van der Waals surface area contributed by atoms with Crippen LogP contribution in [0.2, 0.25) is 0 Å². The van der Waals surface area contributed by atoms with E-state index in [0.29, 0.717) is 5.46 Å². The third-order valence-corrected chi connectivity index (χ3v) is 18.1. The maximum atomic E-state index is 10.1. The predicted molar refractivity (Wildman–Crippen MR) is 384 cm³/mol. The molecule has 2 heterocycles. The van der Waals surface area contributed by atoms with Crippen LogP contribution in [-0.2, 0) is 0 Å². The summed E-state index contributed by atoms with van der Waals surface area (Å²) in [5, 5.41) is 38.4. The smallest absolute Gasteiger partial charge is 0.455 e. The van der Waals surface area contributed by atoms with E-state index in [-0.39, 0.29) is 0 Å². The number of benzene rings is 16. The fourth-order valence-corrected chi connectivity index (χ4v) is 14.0. The van der Waals surface area contributed by atoms with Gasteiger partial charge in [0.05, 0.1) is 0 Å². The molecule has 18 aromatic rings. The Labute approximate surface area is 528 Å². The lowest BCUT2D eigenvalue weighted by atomic mass is 9.72. The van der Waals surface area contributed by atoms with Crippen molar-refractivity contribution in [3.63, 3.8) is 0 Å². The Morgan fingerprint density at radius 2 is 0.567 bits per heavy atom. The summed E-state index contributed by atoms with van der Waals surface area (Å²) in [6, 6.07) is 110. The van der Waals surface area contributed by atoms with Crippen molar-refractivity contribution in [2.24, 2.45) is 0 Å². The summed E-state index contributed by atoms with van der Waals surface area (Å²) in [5.74, 6) is 0. The van der Waals surface area contributed by atoms with E-state index in [1.54, 1.807) is 0 Å². The number of hydrogen-bond donors (Lipinski definition) is 2. The molecule has 2 aromatic heterocycles. The van der Waals surface area contributed by atoms with Gasteiger partial charge in [-0.25, -0.2) is 0 Å². The molecule has 90 heavy (non-hydrogen) atoms. The van der Waals surface area contributed by atoms with E-state index in [0.717, 1.165) is 86.6 Å². The molecule has 0 radical (unpaired) electrons. The quantitative estimate of drug-likeness (QED) is 0.129. The Hall–Kier alpha value is -10.9. The van der Waals surface area contributed by atoms with Gasteiger partial charge in [-0.05, 0) is 170 Å². The van der Waals surface area contributed by atoms with Crippen molar-refractivity contribution in [3.8, 4) is 55.6 Å². The summed E-state index contributed by atoms with van der Waals surface area (Å²) >= 11 is 3.51. The average molecular weight is 1220 g/mol. The fraction of sp³-hybridized carbons (Fsp3) is 0. The van der Waals surface area contributed by atoms with Gasteiger partial charge in [0.15, 0.2) is 0 Å². The Morgan fingerprint density at radius 1 is 0.233 bits per heavy atom. The molecule has 0 unspecified atom stereocenters. The largest absolute Gasteiger partial charge is 0.489 e. The lowest BCUT2D eigenvalue weighted by Gasteiger charge is -2.18. The minimum Gasteiger partial charge on any atom is -0.455 e. The van der Waals surface area contributed by atoms with E-state index < -0.39 is 7.12 Å². The SMILES string of the molecule is Brc1ccc2oc3c4ccccc4ccc3c2c1.OB(O)c1c2ccccc2c(-c2cccc(-c3ccccc3)c2)c2ccccc12.c1ccc(-c2cccc(-c3c4ccccc4c(-c4ccc5oc6c7ccccc7ccc6c5c4)c4ccccc34)c2)cc1. The summed E-state index contributed by atoms with van der Waals surface area (Å²) in [7, 11) is -1.53. The second-order valence-electron chi connectivity index (χ2n) is 22.9. The monoisotopic (exact) mass is 1220 g/mol. The first kappa shape index (κ1) is 54.5. The normalized spacial score (nSPS) is 11.5. The highest BCUT2D eigenvalue weighted by atomic mass is 79.9. The van der Waals surface area contributed by atoms with E-state index in [4.69, 9.17) is 8.83 Å². The molecule has 0 aliphatic rings. The van der Waals surface area contributed by atoms with Crippen LogP contribution in [-0.4, -0.2) is 17.2 Å². The van der Waals surface area contributed by atoms with E-state index in [2.05, 4.69) is 253 Å². The van der Waals surface area contributed by atoms with Crippen LogP contribution in [0.1, 0.15) is 0 Å². The minimum absolute atomic E-state index is 0.555. The Bertz CT molecular complexity index is 5680. The molecule has 4 nitrogen and oxygen atoms in total. The second kappa shape index (κ2) is 23.0. The summed E-state index contributed by atoms with van der Waals surface area (Å²) in [4.78, 5) is 0. The summed E-state index contributed by atoms with van der Waals surface area (Å²) in [5.41, 5.74) is 16.3. The van der Waals surface area contributed by atoms with Crippen LogP contribution in [0.3, 0.4) is 0 Å². The molecule has 2 N–H and O–H groups in total. The summed E-state index contributed by atoms with van der Waals surface area (Å²) in [6.45, 7) is 0. The summed E-state index contributed by atoms with van der Waals surface area (Å²) in [6.07, 6.45) is 0. The van der Waals surface area contributed by atoms with Crippen LogP contribution in [0, 0.1) is 0 Å². The van der Waals surface area contributed by atoms with Gasteiger partial charge < -0.3 is 18.9 Å². The number of hydrogen-bond acceptors (Lipinski definition) is 4. The highest BCUT2D eigenvalue weighted by Gasteiger charge is 2.23. The van der Waals surface area contributed by atoms with Crippen molar-refractivity contribution in [2.45, 2.75) is 0 Å². The van der Waals surface area contributed by atoms with Crippen LogP contribution in [0.25, 0.3) is 164 Å². The molecule has 0 saturated carbocycles. The maximum absolute atomic E-state index is 10.1. The van der Waals surface area contributed by atoms with Crippen LogP contribution in [0.4, 0.5) is 0 Å². The Balaban J connectivity index is 0.000000118. The Morgan fingerprint density at radius 3 is 1.00 bits per heavy atom.